The largest absolute Gasteiger partial charge is 0.425 e. The number of benzene rings is 1. The van der Waals surface area contributed by atoms with E-state index < -0.39 is 5.56 Å². The number of rotatable bonds is 1. The zero-order chi connectivity index (χ0) is 11.9. The molecule has 0 amide bonds. The Morgan fingerprint density at radius 1 is 1.50 bits per heavy atom. The van der Waals surface area contributed by atoms with Gasteiger partial charge in [0.25, 0.3) is 5.56 Å². The van der Waals surface area contributed by atoms with E-state index >= 15 is 0 Å². The number of nitrogens with zero attached hydrogens (tertiary/aromatic N) is 1. The summed E-state index contributed by atoms with van der Waals surface area (Å²) in [4.78, 5) is 11.5. The Labute approximate surface area is 91.2 Å². The van der Waals surface area contributed by atoms with Crippen molar-refractivity contribution in [3.05, 3.63) is 45.7 Å². The lowest BCUT2D eigenvalue weighted by Gasteiger charge is -2.09. The van der Waals surface area contributed by atoms with Crippen LogP contribution < -0.4 is 11.3 Å². The molecule has 0 bridgehead atoms. The van der Waals surface area contributed by atoms with Crippen molar-refractivity contribution >= 4 is 16.7 Å². The number of nitrogens with two attached hydrogens (primary N) is 1. The van der Waals surface area contributed by atoms with Crippen molar-refractivity contribution in [2.45, 2.75) is 6.92 Å². The van der Waals surface area contributed by atoms with Gasteiger partial charge in [-0.25, -0.2) is 0 Å². The second kappa shape index (κ2) is 3.37. The number of nitrogens with one attached hydrogen (secondary N) is 1. The molecule has 4 N–H and O–H groups in total. The van der Waals surface area contributed by atoms with Gasteiger partial charge in [0.05, 0.1) is 5.52 Å². The summed E-state index contributed by atoms with van der Waals surface area (Å²) >= 11 is 0. The molecule has 0 radical (unpaired) electrons. The number of nitrogen functional groups attached to an aromatic ring is 1. The first-order chi connectivity index (χ1) is 7.52. The molecule has 2 rings (SSSR count). The second-order valence-electron chi connectivity index (χ2n) is 3.59. The number of aromatic nitrogens is 1. The van der Waals surface area contributed by atoms with E-state index in [9.17, 15) is 10.0 Å². The molecule has 0 aliphatic carbocycles. The summed E-state index contributed by atoms with van der Waals surface area (Å²) in [5, 5.41) is 17.6. The van der Waals surface area contributed by atoms with Crippen molar-refractivity contribution in [2.24, 2.45) is 5.73 Å². The summed E-state index contributed by atoms with van der Waals surface area (Å²) in [5.74, 6) is -0.187. The Bertz CT molecular complexity index is 643. The summed E-state index contributed by atoms with van der Waals surface area (Å²) in [5.41, 5.74) is 6.29. The monoisotopic (exact) mass is 217 g/mol. The van der Waals surface area contributed by atoms with Gasteiger partial charge in [0.1, 0.15) is 5.84 Å². The topological polar surface area (TPSA) is 92.1 Å². The van der Waals surface area contributed by atoms with Crippen molar-refractivity contribution in [2.75, 3.05) is 0 Å². The molecule has 2 aromatic rings. The summed E-state index contributed by atoms with van der Waals surface area (Å²) in [6, 6.07) is 6.43. The number of hydrogen-bond acceptors (Lipinski definition) is 3. The first kappa shape index (κ1) is 10.2. The van der Waals surface area contributed by atoms with E-state index in [-0.39, 0.29) is 5.84 Å². The first-order valence-electron chi connectivity index (χ1n) is 4.71. The van der Waals surface area contributed by atoms with E-state index in [4.69, 9.17) is 11.1 Å². The minimum absolute atomic E-state index is 0.187. The highest BCUT2D eigenvalue weighted by Gasteiger charge is 2.11. The third-order valence-corrected chi connectivity index (χ3v) is 2.51. The van der Waals surface area contributed by atoms with Crippen LogP contribution >= 0.6 is 0 Å². The highest BCUT2D eigenvalue weighted by atomic mass is 16.5. The number of hydrogen-bond donors (Lipinski definition) is 3. The molecule has 1 aromatic heterocycles. The number of amidine groups is 1. The average Bonchev–Trinajstić information content (AvgIpc) is 2.22. The van der Waals surface area contributed by atoms with Crippen molar-refractivity contribution in [1.82, 2.24) is 4.73 Å². The Morgan fingerprint density at radius 3 is 2.81 bits per heavy atom. The summed E-state index contributed by atoms with van der Waals surface area (Å²) < 4.78 is 0.580. The van der Waals surface area contributed by atoms with Gasteiger partial charge < -0.3 is 10.9 Å². The molecule has 0 fully saturated rings. The number of para-hydroxylation sites is 1. The van der Waals surface area contributed by atoms with Crippen LogP contribution in [0.25, 0.3) is 10.9 Å². The Morgan fingerprint density at radius 2 is 2.19 bits per heavy atom. The Hall–Kier alpha value is -2.30. The van der Waals surface area contributed by atoms with E-state index in [0.717, 1.165) is 11.6 Å². The maximum absolute atomic E-state index is 11.5. The standard InChI is InChI=1S/C11H11N3O2/c1-6-3-2-4-7-8(11(12)13)5-9(15)14(16)10(6)7/h2-5,16H,1H3,(H3,12,13). The van der Waals surface area contributed by atoms with Gasteiger partial charge in [-0.1, -0.05) is 18.2 Å². The fraction of sp³-hybridized carbons (Fsp3) is 0.0909. The van der Waals surface area contributed by atoms with Crippen molar-refractivity contribution in [1.29, 1.82) is 5.41 Å². The third kappa shape index (κ3) is 1.33. The van der Waals surface area contributed by atoms with Crippen LogP contribution in [0.4, 0.5) is 0 Å². The SMILES string of the molecule is Cc1cccc2c(C(=N)N)cc(=O)n(O)c12. The van der Waals surface area contributed by atoms with Gasteiger partial charge in [0.2, 0.25) is 0 Å². The van der Waals surface area contributed by atoms with Gasteiger partial charge in [-0.05, 0) is 12.5 Å². The van der Waals surface area contributed by atoms with E-state index in [1.807, 2.05) is 0 Å². The summed E-state index contributed by atoms with van der Waals surface area (Å²) in [6.07, 6.45) is 0. The molecule has 0 saturated carbocycles. The van der Waals surface area contributed by atoms with Crippen LogP contribution in [0.15, 0.2) is 29.1 Å². The molecular weight excluding hydrogens is 206 g/mol. The summed E-state index contributed by atoms with van der Waals surface area (Å²) in [7, 11) is 0. The predicted octanol–water partition coefficient (Wildman–Crippen LogP) is 0.831. The van der Waals surface area contributed by atoms with Crippen LogP contribution in [0.3, 0.4) is 0 Å². The van der Waals surface area contributed by atoms with Gasteiger partial charge in [-0.3, -0.25) is 10.2 Å². The van der Waals surface area contributed by atoms with Crippen LogP contribution in [0.2, 0.25) is 0 Å². The van der Waals surface area contributed by atoms with Crippen molar-refractivity contribution < 1.29 is 5.21 Å². The highest BCUT2D eigenvalue weighted by molar-refractivity contribution is 6.07. The molecule has 0 aliphatic heterocycles. The zero-order valence-corrected chi connectivity index (χ0v) is 8.69. The van der Waals surface area contributed by atoms with Crippen molar-refractivity contribution in [3.63, 3.8) is 0 Å². The first-order valence-corrected chi connectivity index (χ1v) is 4.71. The van der Waals surface area contributed by atoms with Gasteiger partial charge in [0, 0.05) is 17.0 Å². The van der Waals surface area contributed by atoms with Crippen LogP contribution in [0.5, 0.6) is 0 Å². The third-order valence-electron chi connectivity index (χ3n) is 2.51. The van der Waals surface area contributed by atoms with Crippen LogP contribution in [0.1, 0.15) is 11.1 Å². The van der Waals surface area contributed by atoms with Crippen molar-refractivity contribution in [3.8, 4) is 0 Å². The molecule has 5 nitrogen and oxygen atoms in total. The fourth-order valence-electron chi connectivity index (χ4n) is 1.75. The number of pyridine rings is 1. The van der Waals surface area contributed by atoms with Gasteiger partial charge in [-0.15, -0.1) is 4.73 Å². The molecule has 0 spiro atoms. The minimum Gasteiger partial charge on any atom is -0.425 e. The molecule has 1 aromatic carbocycles. The maximum Gasteiger partial charge on any atom is 0.284 e. The molecule has 16 heavy (non-hydrogen) atoms. The number of fused-ring (bicyclic) bond motifs is 1. The predicted molar refractivity (Wildman–Crippen MR) is 61.1 cm³/mol. The molecule has 0 aliphatic rings. The normalized spacial score (nSPS) is 10.6. The Balaban J connectivity index is 3.07. The molecule has 1 heterocycles. The molecule has 0 atom stereocenters. The molecule has 82 valence electrons. The summed E-state index contributed by atoms with van der Waals surface area (Å²) in [6.45, 7) is 1.78. The lowest BCUT2D eigenvalue weighted by molar-refractivity contribution is 0.188. The van der Waals surface area contributed by atoms with Gasteiger partial charge >= 0.3 is 0 Å². The van der Waals surface area contributed by atoms with Crippen LogP contribution in [0, 0.1) is 12.3 Å². The smallest absolute Gasteiger partial charge is 0.284 e. The van der Waals surface area contributed by atoms with Gasteiger partial charge in [-0.2, -0.15) is 0 Å². The molecular formula is C11H11N3O2. The van der Waals surface area contributed by atoms with E-state index in [1.165, 1.54) is 0 Å². The van der Waals surface area contributed by atoms with E-state index in [1.54, 1.807) is 25.1 Å². The van der Waals surface area contributed by atoms with Crippen LogP contribution in [-0.2, 0) is 0 Å². The lowest BCUT2D eigenvalue weighted by Crippen LogP contribution is -2.22. The zero-order valence-electron chi connectivity index (χ0n) is 8.69. The maximum atomic E-state index is 11.5. The number of aryl methyl sites for hydroxylation is 1. The van der Waals surface area contributed by atoms with Crippen LogP contribution in [-0.4, -0.2) is 15.8 Å². The fourth-order valence-corrected chi connectivity index (χ4v) is 1.75. The van der Waals surface area contributed by atoms with E-state index in [2.05, 4.69) is 0 Å². The average molecular weight is 217 g/mol. The lowest BCUT2D eigenvalue weighted by atomic mass is 10.1. The molecule has 0 unspecified atom stereocenters. The van der Waals surface area contributed by atoms with Gasteiger partial charge in [0.15, 0.2) is 0 Å². The Kier molecular flexibility index (Phi) is 2.16. The molecule has 5 heteroatoms. The quantitative estimate of drug-likeness (QED) is 0.375. The molecule has 0 saturated heterocycles. The highest BCUT2D eigenvalue weighted by Crippen LogP contribution is 2.19. The minimum atomic E-state index is -0.591. The second-order valence-corrected chi connectivity index (χ2v) is 3.59. The van der Waals surface area contributed by atoms with E-state index in [0.29, 0.717) is 21.2 Å².